The molecule has 58 heavy (non-hydrogen) atoms. The van der Waals surface area contributed by atoms with Gasteiger partial charge in [0.15, 0.2) is 5.82 Å². The van der Waals surface area contributed by atoms with E-state index < -0.39 is 0 Å². The molecular weight excluding hydrogens is 709 g/mol. The molecule has 0 fully saturated rings. The van der Waals surface area contributed by atoms with Crippen molar-refractivity contribution < 1.29 is 8.83 Å². The summed E-state index contributed by atoms with van der Waals surface area (Å²) >= 11 is 0. The molecule has 0 N–H and O–H groups in total. The Morgan fingerprint density at radius 3 is 1.43 bits per heavy atom. The van der Waals surface area contributed by atoms with Crippen LogP contribution in [0.3, 0.4) is 0 Å². The smallest absolute Gasteiger partial charge is 0.160 e. The van der Waals surface area contributed by atoms with Gasteiger partial charge in [-0.2, -0.15) is 0 Å². The minimum atomic E-state index is 0.677. The fourth-order valence-electron chi connectivity index (χ4n) is 8.55. The molecule has 12 aromatic rings. The molecule has 3 aromatic heterocycles. The number of hydrogen-bond acceptors (Lipinski definition) is 4. The standard InChI is InChI=1S/C54H32N2O2/c1-2-11-34(12-3-1)54-55-48(38-20-23-43-37(26-38)19-18-33-10-4-5-13-42(33)43)32-49(56-54)41-28-39(35-21-24-52-46(30-35)44-14-6-8-16-50(44)57-52)27-40(29-41)36-22-25-53-47(31-36)45-15-7-9-17-51(45)58-53/h1-32H. The quantitative estimate of drug-likeness (QED) is 0.165. The monoisotopic (exact) mass is 740 g/mol. The van der Waals surface area contributed by atoms with Crippen molar-refractivity contribution in [1.82, 2.24) is 9.97 Å². The molecule has 4 nitrogen and oxygen atoms in total. The zero-order chi connectivity index (χ0) is 38.2. The summed E-state index contributed by atoms with van der Waals surface area (Å²) in [5, 5.41) is 9.25. The minimum absolute atomic E-state index is 0.677. The first-order chi connectivity index (χ1) is 28.7. The molecular formula is C54H32N2O2. The van der Waals surface area contributed by atoms with Crippen molar-refractivity contribution in [2.24, 2.45) is 0 Å². The highest BCUT2D eigenvalue weighted by Gasteiger charge is 2.17. The third kappa shape index (κ3) is 5.38. The van der Waals surface area contributed by atoms with E-state index in [1.54, 1.807) is 0 Å². The fourth-order valence-corrected chi connectivity index (χ4v) is 8.55. The Kier molecular flexibility index (Phi) is 7.20. The lowest BCUT2D eigenvalue weighted by atomic mass is 9.93. The van der Waals surface area contributed by atoms with Crippen LogP contribution < -0.4 is 0 Å². The summed E-state index contributed by atoms with van der Waals surface area (Å²) in [4.78, 5) is 10.5. The van der Waals surface area contributed by atoms with E-state index in [9.17, 15) is 0 Å². The molecule has 0 radical (unpaired) electrons. The van der Waals surface area contributed by atoms with Gasteiger partial charge in [-0.25, -0.2) is 9.97 Å². The van der Waals surface area contributed by atoms with E-state index in [4.69, 9.17) is 18.8 Å². The second-order valence-electron chi connectivity index (χ2n) is 15.0. The highest BCUT2D eigenvalue weighted by molar-refractivity contribution is 6.09. The van der Waals surface area contributed by atoms with Crippen molar-refractivity contribution in [3.63, 3.8) is 0 Å². The number of para-hydroxylation sites is 2. The number of nitrogens with zero attached hydrogens (tertiary/aromatic N) is 2. The fraction of sp³-hybridized carbons (Fsp3) is 0. The number of rotatable bonds is 5. The van der Waals surface area contributed by atoms with Gasteiger partial charge in [-0.1, -0.05) is 127 Å². The lowest BCUT2D eigenvalue weighted by molar-refractivity contribution is 0.668. The zero-order valence-electron chi connectivity index (χ0n) is 31.2. The predicted molar refractivity (Wildman–Crippen MR) is 239 cm³/mol. The third-order valence-corrected chi connectivity index (χ3v) is 11.4. The molecule has 12 rings (SSSR count). The van der Waals surface area contributed by atoms with Crippen LogP contribution in [0, 0.1) is 0 Å². The SMILES string of the molecule is c1ccc(-c2nc(-c3cc(-c4ccc5oc6ccccc6c5c4)cc(-c4ccc5oc6ccccc6c5c4)c3)cc(-c3ccc4c(ccc5ccccc54)c3)n2)cc1. The van der Waals surface area contributed by atoms with Gasteiger partial charge in [0.25, 0.3) is 0 Å². The molecule has 270 valence electrons. The number of aromatic nitrogens is 2. The molecule has 0 saturated carbocycles. The first-order valence-corrected chi connectivity index (χ1v) is 19.5. The summed E-state index contributed by atoms with van der Waals surface area (Å²) in [7, 11) is 0. The van der Waals surface area contributed by atoms with Gasteiger partial charge in [-0.15, -0.1) is 0 Å². The average Bonchev–Trinajstić information content (AvgIpc) is 3.86. The maximum atomic E-state index is 6.23. The summed E-state index contributed by atoms with van der Waals surface area (Å²) in [5.74, 6) is 0.677. The Morgan fingerprint density at radius 1 is 0.259 bits per heavy atom. The van der Waals surface area contributed by atoms with Gasteiger partial charge >= 0.3 is 0 Å². The van der Waals surface area contributed by atoms with Crippen molar-refractivity contribution in [2.75, 3.05) is 0 Å². The Labute approximate surface area is 333 Å². The Bertz CT molecular complexity index is 3450. The summed E-state index contributed by atoms with van der Waals surface area (Å²) in [6.07, 6.45) is 0. The highest BCUT2D eigenvalue weighted by atomic mass is 16.3. The maximum absolute atomic E-state index is 6.23. The second kappa shape index (κ2) is 12.9. The van der Waals surface area contributed by atoms with E-state index in [-0.39, 0.29) is 0 Å². The van der Waals surface area contributed by atoms with Crippen LogP contribution in [0.25, 0.3) is 122 Å². The lowest BCUT2D eigenvalue weighted by Gasteiger charge is -2.14. The van der Waals surface area contributed by atoms with Crippen molar-refractivity contribution in [2.45, 2.75) is 0 Å². The van der Waals surface area contributed by atoms with Crippen LogP contribution in [0.15, 0.2) is 203 Å². The summed E-state index contributed by atoms with van der Waals surface area (Å²) in [5.41, 5.74) is 12.6. The highest BCUT2D eigenvalue weighted by Crippen LogP contribution is 2.39. The van der Waals surface area contributed by atoms with E-state index in [1.807, 2.05) is 42.5 Å². The maximum Gasteiger partial charge on any atom is 0.160 e. The van der Waals surface area contributed by atoms with Crippen LogP contribution >= 0.6 is 0 Å². The molecule has 0 aliphatic rings. The van der Waals surface area contributed by atoms with Crippen molar-refractivity contribution in [3.8, 4) is 56.2 Å². The molecule has 0 spiro atoms. The van der Waals surface area contributed by atoms with Crippen molar-refractivity contribution in [3.05, 3.63) is 194 Å². The first kappa shape index (κ1) is 32.4. The Hall–Kier alpha value is -7.82. The summed E-state index contributed by atoms with van der Waals surface area (Å²) < 4.78 is 12.5. The normalized spacial score (nSPS) is 11.8. The van der Waals surface area contributed by atoms with Crippen LogP contribution in [0.2, 0.25) is 0 Å². The molecule has 3 heterocycles. The summed E-state index contributed by atoms with van der Waals surface area (Å²) in [6.45, 7) is 0. The van der Waals surface area contributed by atoms with Crippen LogP contribution in [0.1, 0.15) is 0 Å². The van der Waals surface area contributed by atoms with E-state index in [0.717, 1.165) is 94.2 Å². The first-order valence-electron chi connectivity index (χ1n) is 19.5. The van der Waals surface area contributed by atoms with Gasteiger partial charge in [0, 0.05) is 38.2 Å². The van der Waals surface area contributed by atoms with E-state index in [1.165, 1.54) is 21.5 Å². The number of benzene rings is 9. The molecule has 0 bridgehead atoms. The van der Waals surface area contributed by atoms with E-state index in [2.05, 4.69) is 152 Å². The molecule has 0 aliphatic heterocycles. The second-order valence-corrected chi connectivity index (χ2v) is 15.0. The Morgan fingerprint density at radius 2 is 0.759 bits per heavy atom. The van der Waals surface area contributed by atoms with Gasteiger partial charge < -0.3 is 8.83 Å². The van der Waals surface area contributed by atoms with Crippen LogP contribution in [0.5, 0.6) is 0 Å². The van der Waals surface area contributed by atoms with Crippen molar-refractivity contribution >= 4 is 65.4 Å². The topological polar surface area (TPSA) is 52.1 Å². The third-order valence-electron chi connectivity index (χ3n) is 11.4. The molecule has 0 saturated heterocycles. The molecule has 9 aromatic carbocycles. The molecule has 0 aliphatic carbocycles. The molecule has 0 atom stereocenters. The summed E-state index contributed by atoms with van der Waals surface area (Å²) in [6, 6.07) is 68.2. The predicted octanol–water partition coefficient (Wildman–Crippen LogP) is 14.9. The number of fused-ring (bicyclic) bond motifs is 9. The van der Waals surface area contributed by atoms with Crippen LogP contribution in [-0.4, -0.2) is 9.97 Å². The van der Waals surface area contributed by atoms with Gasteiger partial charge in [0.05, 0.1) is 11.4 Å². The molecule has 4 heteroatoms. The van der Waals surface area contributed by atoms with Gasteiger partial charge in [0.1, 0.15) is 22.3 Å². The zero-order valence-corrected chi connectivity index (χ0v) is 31.2. The van der Waals surface area contributed by atoms with Crippen LogP contribution in [-0.2, 0) is 0 Å². The largest absolute Gasteiger partial charge is 0.456 e. The number of furan rings is 2. The molecule has 0 unspecified atom stereocenters. The van der Waals surface area contributed by atoms with Gasteiger partial charge in [0.2, 0.25) is 0 Å². The van der Waals surface area contributed by atoms with Gasteiger partial charge in [-0.05, 0) is 111 Å². The minimum Gasteiger partial charge on any atom is -0.456 e. The lowest BCUT2D eigenvalue weighted by Crippen LogP contribution is -1.96. The van der Waals surface area contributed by atoms with E-state index in [0.29, 0.717) is 5.82 Å². The average molecular weight is 741 g/mol. The Balaban J connectivity index is 1.08. The van der Waals surface area contributed by atoms with Gasteiger partial charge in [-0.3, -0.25) is 0 Å². The number of hydrogen-bond donors (Lipinski definition) is 0. The van der Waals surface area contributed by atoms with Crippen LogP contribution in [0.4, 0.5) is 0 Å². The van der Waals surface area contributed by atoms with E-state index >= 15 is 0 Å². The molecule has 0 amide bonds. The van der Waals surface area contributed by atoms with Crippen molar-refractivity contribution in [1.29, 1.82) is 0 Å².